The van der Waals surface area contributed by atoms with Crippen LogP contribution >= 0.6 is 0 Å². The molecule has 0 bridgehead atoms. The highest BCUT2D eigenvalue weighted by molar-refractivity contribution is 5.64. The van der Waals surface area contributed by atoms with E-state index in [9.17, 15) is 0 Å². The molecule has 1 unspecified atom stereocenters. The van der Waals surface area contributed by atoms with Crippen molar-refractivity contribution in [2.24, 2.45) is 0 Å². The third-order valence-corrected chi connectivity index (χ3v) is 3.77. The lowest BCUT2D eigenvalue weighted by Gasteiger charge is -2.10. The molecule has 0 radical (unpaired) electrons. The first-order valence-electron chi connectivity index (χ1n) is 6.85. The fraction of sp³-hybridized carbons (Fsp3) is 0.375. The Kier molecular flexibility index (Phi) is 3.30. The molecule has 2 aromatic rings. The zero-order valence-electron chi connectivity index (χ0n) is 11.5. The second-order valence-electron chi connectivity index (χ2n) is 5.31. The van der Waals surface area contributed by atoms with Gasteiger partial charge in [0.1, 0.15) is 5.82 Å². The van der Waals surface area contributed by atoms with Crippen LogP contribution in [0.15, 0.2) is 30.5 Å². The number of rotatable bonds is 2. The Hall–Kier alpha value is -1.74. The van der Waals surface area contributed by atoms with Crippen LogP contribution in [0.4, 0.5) is 0 Å². The van der Waals surface area contributed by atoms with E-state index < -0.39 is 0 Å². The number of benzene rings is 1. The molecule has 0 amide bonds. The quantitative estimate of drug-likeness (QED) is 0.894. The summed E-state index contributed by atoms with van der Waals surface area (Å²) in [6.45, 7) is 6.32. The van der Waals surface area contributed by atoms with E-state index in [1.165, 1.54) is 16.7 Å². The minimum absolute atomic E-state index is 0.463. The SMILES string of the molecule is Cc1ccc(C)c(-c2ccnc(C3CCNC3)n2)c1. The van der Waals surface area contributed by atoms with Crippen LogP contribution in [-0.2, 0) is 0 Å². The first kappa shape index (κ1) is 12.3. The zero-order valence-corrected chi connectivity index (χ0v) is 11.5. The summed E-state index contributed by atoms with van der Waals surface area (Å²) in [6, 6.07) is 8.51. The Bertz CT molecular complexity index is 586. The summed E-state index contributed by atoms with van der Waals surface area (Å²) in [6.07, 6.45) is 3.02. The highest BCUT2D eigenvalue weighted by Gasteiger charge is 2.19. The van der Waals surface area contributed by atoms with Gasteiger partial charge in [0.2, 0.25) is 0 Å². The van der Waals surface area contributed by atoms with Crippen LogP contribution in [0.3, 0.4) is 0 Å². The Morgan fingerprint density at radius 1 is 1.21 bits per heavy atom. The molecule has 1 aromatic heterocycles. The van der Waals surface area contributed by atoms with Gasteiger partial charge in [-0.15, -0.1) is 0 Å². The van der Waals surface area contributed by atoms with Gasteiger partial charge in [0.15, 0.2) is 0 Å². The van der Waals surface area contributed by atoms with E-state index in [2.05, 4.69) is 42.3 Å². The van der Waals surface area contributed by atoms with Gasteiger partial charge in [0, 0.05) is 24.2 Å². The largest absolute Gasteiger partial charge is 0.316 e. The second-order valence-corrected chi connectivity index (χ2v) is 5.31. The topological polar surface area (TPSA) is 37.8 Å². The van der Waals surface area contributed by atoms with E-state index >= 15 is 0 Å². The van der Waals surface area contributed by atoms with E-state index in [1.807, 2.05) is 12.3 Å². The first-order chi connectivity index (χ1) is 9.24. The maximum absolute atomic E-state index is 4.78. The van der Waals surface area contributed by atoms with E-state index in [0.29, 0.717) is 5.92 Å². The molecule has 2 heterocycles. The van der Waals surface area contributed by atoms with Crippen LogP contribution in [0.5, 0.6) is 0 Å². The minimum Gasteiger partial charge on any atom is -0.316 e. The van der Waals surface area contributed by atoms with Crippen LogP contribution in [0.25, 0.3) is 11.3 Å². The minimum atomic E-state index is 0.463. The predicted octanol–water partition coefficient (Wildman–Crippen LogP) is 2.84. The van der Waals surface area contributed by atoms with Gasteiger partial charge in [-0.2, -0.15) is 0 Å². The second kappa shape index (κ2) is 5.10. The number of nitrogens with one attached hydrogen (secondary N) is 1. The Morgan fingerprint density at radius 3 is 2.89 bits per heavy atom. The molecule has 3 nitrogen and oxygen atoms in total. The van der Waals surface area contributed by atoms with Crippen LogP contribution in [0, 0.1) is 13.8 Å². The average Bonchev–Trinajstić information content (AvgIpc) is 2.96. The van der Waals surface area contributed by atoms with Gasteiger partial charge < -0.3 is 5.32 Å². The zero-order chi connectivity index (χ0) is 13.2. The molecule has 0 saturated carbocycles. The average molecular weight is 253 g/mol. The Labute approximate surface area is 114 Å². The monoisotopic (exact) mass is 253 g/mol. The lowest BCUT2D eigenvalue weighted by Crippen LogP contribution is -2.10. The molecule has 98 valence electrons. The van der Waals surface area contributed by atoms with Crippen LogP contribution in [0.1, 0.15) is 29.3 Å². The molecule has 19 heavy (non-hydrogen) atoms. The number of aryl methyl sites for hydroxylation is 2. The van der Waals surface area contributed by atoms with Gasteiger partial charge in [-0.05, 0) is 44.5 Å². The van der Waals surface area contributed by atoms with Crippen molar-refractivity contribution in [1.82, 2.24) is 15.3 Å². The molecule has 1 aliphatic rings. The third-order valence-electron chi connectivity index (χ3n) is 3.77. The van der Waals surface area contributed by atoms with Crippen molar-refractivity contribution in [3.63, 3.8) is 0 Å². The molecule has 1 saturated heterocycles. The molecule has 0 spiro atoms. The van der Waals surface area contributed by atoms with Gasteiger partial charge in [-0.1, -0.05) is 17.7 Å². The number of hydrogen-bond acceptors (Lipinski definition) is 3. The van der Waals surface area contributed by atoms with Crippen LogP contribution < -0.4 is 5.32 Å². The van der Waals surface area contributed by atoms with Crippen LogP contribution in [0.2, 0.25) is 0 Å². The molecular formula is C16H19N3. The summed E-state index contributed by atoms with van der Waals surface area (Å²) in [5.74, 6) is 1.44. The molecule has 3 rings (SSSR count). The van der Waals surface area contributed by atoms with E-state index in [-0.39, 0.29) is 0 Å². The smallest absolute Gasteiger partial charge is 0.133 e. The van der Waals surface area contributed by atoms with Gasteiger partial charge in [0.25, 0.3) is 0 Å². The lowest BCUT2D eigenvalue weighted by molar-refractivity contribution is 0.703. The van der Waals surface area contributed by atoms with Crippen molar-refractivity contribution in [1.29, 1.82) is 0 Å². The summed E-state index contributed by atoms with van der Waals surface area (Å²) < 4.78 is 0. The van der Waals surface area contributed by atoms with Crippen LogP contribution in [-0.4, -0.2) is 23.1 Å². The molecule has 1 atom stereocenters. The van der Waals surface area contributed by atoms with Crippen molar-refractivity contribution in [3.8, 4) is 11.3 Å². The van der Waals surface area contributed by atoms with Crippen molar-refractivity contribution >= 4 is 0 Å². The number of aromatic nitrogens is 2. The molecule has 1 aliphatic heterocycles. The highest BCUT2D eigenvalue weighted by atomic mass is 15.0. The summed E-state index contributed by atoms with van der Waals surface area (Å²) >= 11 is 0. The van der Waals surface area contributed by atoms with Crippen molar-refractivity contribution < 1.29 is 0 Å². The van der Waals surface area contributed by atoms with E-state index in [1.54, 1.807) is 0 Å². The Morgan fingerprint density at radius 2 is 2.11 bits per heavy atom. The summed E-state index contributed by atoms with van der Waals surface area (Å²) in [5, 5.41) is 3.37. The highest BCUT2D eigenvalue weighted by Crippen LogP contribution is 2.25. The van der Waals surface area contributed by atoms with Crippen molar-refractivity contribution in [3.05, 3.63) is 47.4 Å². The lowest BCUT2D eigenvalue weighted by atomic mass is 10.0. The molecule has 3 heteroatoms. The van der Waals surface area contributed by atoms with E-state index in [0.717, 1.165) is 31.0 Å². The van der Waals surface area contributed by atoms with Gasteiger partial charge in [-0.25, -0.2) is 9.97 Å². The van der Waals surface area contributed by atoms with E-state index in [4.69, 9.17) is 4.98 Å². The first-order valence-corrected chi connectivity index (χ1v) is 6.85. The maximum Gasteiger partial charge on any atom is 0.133 e. The molecule has 1 aromatic carbocycles. The van der Waals surface area contributed by atoms with Gasteiger partial charge >= 0.3 is 0 Å². The maximum atomic E-state index is 4.78. The standard InChI is InChI=1S/C16H19N3/c1-11-3-4-12(2)14(9-11)15-6-8-18-16(19-15)13-5-7-17-10-13/h3-4,6,8-9,13,17H,5,7,10H2,1-2H3. The molecule has 1 N–H and O–H groups in total. The molecule has 0 aliphatic carbocycles. The predicted molar refractivity (Wildman–Crippen MR) is 77.2 cm³/mol. The number of nitrogens with zero attached hydrogens (tertiary/aromatic N) is 2. The fourth-order valence-corrected chi connectivity index (χ4v) is 2.61. The number of hydrogen-bond donors (Lipinski definition) is 1. The fourth-order valence-electron chi connectivity index (χ4n) is 2.61. The normalized spacial score (nSPS) is 18.7. The third kappa shape index (κ3) is 2.51. The van der Waals surface area contributed by atoms with Crippen molar-refractivity contribution in [2.45, 2.75) is 26.2 Å². The van der Waals surface area contributed by atoms with Gasteiger partial charge in [-0.3, -0.25) is 0 Å². The molecule has 1 fully saturated rings. The summed E-state index contributed by atoms with van der Waals surface area (Å²) in [7, 11) is 0. The Balaban J connectivity index is 2.00. The summed E-state index contributed by atoms with van der Waals surface area (Å²) in [4.78, 5) is 9.22. The molecular weight excluding hydrogens is 234 g/mol. The summed E-state index contributed by atoms with van der Waals surface area (Å²) in [5.41, 5.74) is 4.79. The van der Waals surface area contributed by atoms with Crippen molar-refractivity contribution in [2.75, 3.05) is 13.1 Å². The van der Waals surface area contributed by atoms with Gasteiger partial charge in [0.05, 0.1) is 5.69 Å².